The SMILES string of the molecule is Cc1ccc(CCC(=O)N(C)C(C)c2ccc(S(C)(=O)=O)cc2)c(C)c1. The van der Waals surface area contributed by atoms with Crippen molar-refractivity contribution in [3.05, 3.63) is 64.7 Å². The van der Waals surface area contributed by atoms with Crippen LogP contribution in [0.5, 0.6) is 0 Å². The van der Waals surface area contributed by atoms with E-state index in [0.717, 1.165) is 12.0 Å². The maximum Gasteiger partial charge on any atom is 0.223 e. The zero-order chi connectivity index (χ0) is 19.5. The van der Waals surface area contributed by atoms with Gasteiger partial charge in [-0.05, 0) is 56.0 Å². The molecule has 0 saturated heterocycles. The summed E-state index contributed by atoms with van der Waals surface area (Å²) in [6.07, 6.45) is 2.36. The summed E-state index contributed by atoms with van der Waals surface area (Å²) in [4.78, 5) is 14.6. The first kappa shape index (κ1) is 20.2. The first-order valence-corrected chi connectivity index (χ1v) is 10.6. The van der Waals surface area contributed by atoms with E-state index in [9.17, 15) is 13.2 Å². The van der Waals surface area contributed by atoms with Crippen molar-refractivity contribution in [3.63, 3.8) is 0 Å². The van der Waals surface area contributed by atoms with Gasteiger partial charge in [-0.2, -0.15) is 0 Å². The molecule has 26 heavy (non-hydrogen) atoms. The minimum Gasteiger partial charge on any atom is -0.339 e. The van der Waals surface area contributed by atoms with E-state index in [1.165, 1.54) is 22.9 Å². The molecule has 0 spiro atoms. The molecule has 0 heterocycles. The maximum atomic E-state index is 12.6. The molecule has 0 bridgehead atoms. The summed E-state index contributed by atoms with van der Waals surface area (Å²) in [6, 6.07) is 12.9. The van der Waals surface area contributed by atoms with Crippen LogP contribution in [0.2, 0.25) is 0 Å². The van der Waals surface area contributed by atoms with E-state index in [2.05, 4.69) is 32.0 Å². The first-order chi connectivity index (χ1) is 12.1. The Hall–Kier alpha value is -2.14. The molecule has 1 atom stereocenters. The van der Waals surface area contributed by atoms with Crippen LogP contribution in [-0.4, -0.2) is 32.5 Å². The molecule has 0 radical (unpaired) electrons. The van der Waals surface area contributed by atoms with Crippen molar-refractivity contribution in [2.75, 3.05) is 13.3 Å². The number of carbonyl (C=O) groups is 1. The second-order valence-corrected chi connectivity index (χ2v) is 8.97. The fraction of sp³-hybridized carbons (Fsp3) is 0.381. The molecular weight excluding hydrogens is 346 g/mol. The van der Waals surface area contributed by atoms with Crippen molar-refractivity contribution in [2.45, 2.75) is 44.6 Å². The molecule has 2 rings (SSSR count). The van der Waals surface area contributed by atoms with Crippen LogP contribution >= 0.6 is 0 Å². The van der Waals surface area contributed by atoms with E-state index in [-0.39, 0.29) is 16.8 Å². The average Bonchev–Trinajstić information content (AvgIpc) is 2.58. The number of sulfone groups is 1. The zero-order valence-electron chi connectivity index (χ0n) is 16.1. The van der Waals surface area contributed by atoms with Crippen molar-refractivity contribution < 1.29 is 13.2 Å². The lowest BCUT2D eigenvalue weighted by molar-refractivity contribution is -0.131. The molecule has 0 N–H and O–H groups in total. The van der Waals surface area contributed by atoms with E-state index in [1.54, 1.807) is 36.2 Å². The van der Waals surface area contributed by atoms with Crippen molar-refractivity contribution in [1.29, 1.82) is 0 Å². The number of carbonyl (C=O) groups excluding carboxylic acids is 1. The van der Waals surface area contributed by atoms with Crippen molar-refractivity contribution >= 4 is 15.7 Å². The second-order valence-electron chi connectivity index (χ2n) is 6.95. The molecule has 0 saturated carbocycles. The summed E-state index contributed by atoms with van der Waals surface area (Å²) in [5.41, 5.74) is 4.55. The van der Waals surface area contributed by atoms with Gasteiger partial charge in [-0.15, -0.1) is 0 Å². The van der Waals surface area contributed by atoms with Gasteiger partial charge in [0.05, 0.1) is 10.9 Å². The Kier molecular flexibility index (Phi) is 6.24. The largest absolute Gasteiger partial charge is 0.339 e. The fourth-order valence-electron chi connectivity index (χ4n) is 2.98. The Balaban J connectivity index is 2.02. The molecule has 5 heteroatoms. The predicted molar refractivity (Wildman–Crippen MR) is 105 cm³/mol. The lowest BCUT2D eigenvalue weighted by atomic mass is 10.0. The molecule has 0 fully saturated rings. The topological polar surface area (TPSA) is 54.5 Å². The highest BCUT2D eigenvalue weighted by Crippen LogP contribution is 2.22. The number of nitrogens with zero attached hydrogens (tertiary/aromatic N) is 1. The van der Waals surface area contributed by atoms with E-state index in [0.29, 0.717) is 6.42 Å². The highest BCUT2D eigenvalue weighted by atomic mass is 32.2. The van der Waals surface area contributed by atoms with E-state index >= 15 is 0 Å². The summed E-state index contributed by atoms with van der Waals surface area (Å²) >= 11 is 0. The highest BCUT2D eigenvalue weighted by molar-refractivity contribution is 7.90. The first-order valence-electron chi connectivity index (χ1n) is 8.71. The molecule has 140 valence electrons. The maximum absolute atomic E-state index is 12.6. The van der Waals surface area contributed by atoms with Gasteiger partial charge in [-0.1, -0.05) is 35.9 Å². The van der Waals surface area contributed by atoms with Crippen LogP contribution in [0.15, 0.2) is 47.4 Å². The number of amides is 1. The van der Waals surface area contributed by atoms with Crippen LogP contribution in [0, 0.1) is 13.8 Å². The molecule has 1 unspecified atom stereocenters. The molecular formula is C21H27NO3S. The summed E-state index contributed by atoms with van der Waals surface area (Å²) in [5.74, 6) is 0.0738. The second kappa shape index (κ2) is 8.04. The van der Waals surface area contributed by atoms with Crippen LogP contribution in [0.3, 0.4) is 0 Å². The van der Waals surface area contributed by atoms with Crippen molar-refractivity contribution in [3.8, 4) is 0 Å². The van der Waals surface area contributed by atoms with Crippen LogP contribution in [0.4, 0.5) is 0 Å². The molecule has 4 nitrogen and oxygen atoms in total. The van der Waals surface area contributed by atoms with E-state index < -0.39 is 9.84 Å². The van der Waals surface area contributed by atoms with Crippen molar-refractivity contribution in [1.82, 2.24) is 4.90 Å². The zero-order valence-corrected chi connectivity index (χ0v) is 16.9. The highest BCUT2D eigenvalue weighted by Gasteiger charge is 2.18. The third-order valence-electron chi connectivity index (χ3n) is 4.87. The molecule has 0 aromatic heterocycles. The number of hydrogen-bond acceptors (Lipinski definition) is 3. The predicted octanol–water partition coefficient (Wildman–Crippen LogP) is 3.86. The van der Waals surface area contributed by atoms with Crippen LogP contribution in [-0.2, 0) is 21.1 Å². The molecule has 1 amide bonds. The summed E-state index contributed by atoms with van der Waals surface area (Å²) < 4.78 is 23.1. The van der Waals surface area contributed by atoms with E-state index in [1.807, 2.05) is 6.92 Å². The number of rotatable bonds is 6. The van der Waals surface area contributed by atoms with Gasteiger partial charge in [0.2, 0.25) is 5.91 Å². The summed E-state index contributed by atoms with van der Waals surface area (Å²) in [7, 11) is -1.42. The Morgan fingerprint density at radius 2 is 1.69 bits per heavy atom. The lowest BCUT2D eigenvalue weighted by Crippen LogP contribution is -2.29. The van der Waals surface area contributed by atoms with Crippen LogP contribution in [0.1, 0.15) is 41.6 Å². The summed E-state index contributed by atoms with van der Waals surface area (Å²) in [5, 5.41) is 0. The van der Waals surface area contributed by atoms with Gasteiger partial charge in [-0.25, -0.2) is 8.42 Å². The molecule has 0 aliphatic heterocycles. The minimum atomic E-state index is -3.21. The van der Waals surface area contributed by atoms with Crippen LogP contribution < -0.4 is 0 Å². The smallest absolute Gasteiger partial charge is 0.223 e. The standard InChI is InChI=1S/C21H27NO3S/c1-15-6-7-18(16(2)14-15)10-13-21(23)22(4)17(3)19-8-11-20(12-9-19)26(5,24)25/h6-9,11-12,14,17H,10,13H2,1-5H3. The molecule has 2 aromatic rings. The van der Waals surface area contributed by atoms with Gasteiger partial charge in [0.1, 0.15) is 0 Å². The third kappa shape index (κ3) is 4.94. The average molecular weight is 374 g/mol. The fourth-order valence-corrected chi connectivity index (χ4v) is 3.61. The molecule has 2 aromatic carbocycles. The quantitative estimate of drug-likeness (QED) is 0.773. The number of hydrogen-bond donors (Lipinski definition) is 0. The lowest BCUT2D eigenvalue weighted by Gasteiger charge is -2.25. The van der Waals surface area contributed by atoms with Gasteiger partial charge >= 0.3 is 0 Å². The van der Waals surface area contributed by atoms with Gasteiger partial charge in [-0.3, -0.25) is 4.79 Å². The minimum absolute atomic E-state index is 0.0738. The van der Waals surface area contributed by atoms with E-state index in [4.69, 9.17) is 0 Å². The number of benzene rings is 2. The molecule has 0 aliphatic rings. The van der Waals surface area contributed by atoms with Crippen molar-refractivity contribution in [2.24, 2.45) is 0 Å². The monoisotopic (exact) mass is 373 g/mol. The Morgan fingerprint density at radius 3 is 2.23 bits per heavy atom. The summed E-state index contributed by atoms with van der Waals surface area (Å²) in [6.45, 7) is 6.08. The Labute approximate surface area is 156 Å². The van der Waals surface area contributed by atoms with Gasteiger partial charge in [0, 0.05) is 19.7 Å². The third-order valence-corrected chi connectivity index (χ3v) is 6.00. The van der Waals surface area contributed by atoms with Gasteiger partial charge < -0.3 is 4.90 Å². The molecule has 0 aliphatic carbocycles. The number of aryl methyl sites for hydroxylation is 3. The normalized spacial score (nSPS) is 12.7. The van der Waals surface area contributed by atoms with Gasteiger partial charge in [0.25, 0.3) is 0 Å². The Bertz CT molecular complexity index is 886. The Morgan fingerprint density at radius 1 is 1.08 bits per heavy atom. The van der Waals surface area contributed by atoms with Gasteiger partial charge in [0.15, 0.2) is 9.84 Å². The van der Waals surface area contributed by atoms with Crippen LogP contribution in [0.25, 0.3) is 0 Å².